The molecule has 2 heteroatoms. The van der Waals surface area contributed by atoms with Crippen LogP contribution in [0.1, 0.15) is 5.56 Å². The van der Waals surface area contributed by atoms with Gasteiger partial charge < -0.3 is 5.32 Å². The van der Waals surface area contributed by atoms with Gasteiger partial charge in [-0.1, -0.05) is 30.3 Å². The summed E-state index contributed by atoms with van der Waals surface area (Å²) >= 11 is 0. The molecule has 0 radical (unpaired) electrons. The monoisotopic (exact) mass is 147 g/mol. The van der Waals surface area contributed by atoms with Gasteiger partial charge in [0.15, 0.2) is 0 Å². The minimum Gasteiger partial charge on any atom is -0.335 e. The Morgan fingerprint density at radius 3 is 2.55 bits per heavy atom. The number of nitrogens with one attached hydrogen (secondary N) is 1. The molecule has 0 unspecified atom stereocenters. The van der Waals surface area contributed by atoms with Crippen molar-refractivity contribution in [2.75, 3.05) is 0 Å². The molecule has 0 atom stereocenters. The summed E-state index contributed by atoms with van der Waals surface area (Å²) in [4.78, 5) is 9.83. The predicted molar refractivity (Wildman–Crippen MR) is 44.7 cm³/mol. The van der Waals surface area contributed by atoms with Crippen LogP contribution in [0.4, 0.5) is 0 Å². The lowest BCUT2D eigenvalue weighted by Gasteiger charge is -1.89. The minimum absolute atomic E-state index is 0.638. The molecular weight excluding hydrogens is 138 g/mol. The maximum Gasteiger partial charge on any atom is 0.211 e. The van der Waals surface area contributed by atoms with E-state index >= 15 is 0 Å². The van der Waals surface area contributed by atoms with Crippen LogP contribution in [0.3, 0.4) is 0 Å². The van der Waals surface area contributed by atoms with Gasteiger partial charge in [0.1, 0.15) is 0 Å². The normalized spacial score (nSPS) is 9.82. The number of hydrogen-bond acceptors (Lipinski definition) is 1. The standard InChI is InChI=1S/C9H9NO/c11-8-10-7-6-9-4-2-1-3-5-9/h1-8H,(H,10,11)/b7-6+. The Bertz CT molecular complexity index is 241. The van der Waals surface area contributed by atoms with Gasteiger partial charge >= 0.3 is 0 Å². The lowest BCUT2D eigenvalue weighted by atomic mass is 10.2. The maximum absolute atomic E-state index is 9.83. The number of carbonyl (C=O) groups excluding carboxylic acids is 1. The average molecular weight is 147 g/mol. The summed E-state index contributed by atoms with van der Waals surface area (Å²) in [5.41, 5.74) is 1.07. The molecule has 1 aromatic carbocycles. The molecule has 1 amide bonds. The summed E-state index contributed by atoms with van der Waals surface area (Å²) in [6.45, 7) is 0. The topological polar surface area (TPSA) is 29.1 Å². The zero-order valence-electron chi connectivity index (χ0n) is 6.03. The first-order chi connectivity index (χ1) is 5.43. The molecule has 0 aliphatic carbocycles. The molecule has 56 valence electrons. The second-order valence-electron chi connectivity index (χ2n) is 2.03. The van der Waals surface area contributed by atoms with Crippen molar-refractivity contribution in [3.63, 3.8) is 0 Å². The van der Waals surface area contributed by atoms with Crippen molar-refractivity contribution in [2.45, 2.75) is 0 Å². The number of amides is 1. The Labute approximate surface area is 65.5 Å². The zero-order chi connectivity index (χ0) is 7.94. The first-order valence-corrected chi connectivity index (χ1v) is 3.35. The van der Waals surface area contributed by atoms with Crippen LogP contribution < -0.4 is 5.32 Å². The van der Waals surface area contributed by atoms with Gasteiger partial charge in [-0.25, -0.2) is 0 Å². The van der Waals surface area contributed by atoms with Crippen LogP contribution in [0, 0.1) is 0 Å². The minimum atomic E-state index is 0.638. The highest BCUT2D eigenvalue weighted by molar-refractivity contribution is 5.54. The van der Waals surface area contributed by atoms with E-state index in [1.165, 1.54) is 0 Å². The molecule has 0 aromatic heterocycles. The highest BCUT2D eigenvalue weighted by Crippen LogP contribution is 1.98. The van der Waals surface area contributed by atoms with E-state index in [2.05, 4.69) is 5.32 Å². The SMILES string of the molecule is O=CN/C=C/c1ccccc1. The van der Waals surface area contributed by atoms with Gasteiger partial charge in [0.25, 0.3) is 0 Å². The summed E-state index contributed by atoms with van der Waals surface area (Å²) < 4.78 is 0. The van der Waals surface area contributed by atoms with Crippen LogP contribution in [-0.4, -0.2) is 6.41 Å². The Kier molecular flexibility index (Phi) is 2.93. The third kappa shape index (κ3) is 2.67. The van der Waals surface area contributed by atoms with E-state index < -0.39 is 0 Å². The molecule has 1 aromatic rings. The second kappa shape index (κ2) is 4.28. The lowest BCUT2D eigenvalue weighted by Crippen LogP contribution is -1.97. The van der Waals surface area contributed by atoms with Gasteiger partial charge in [-0.05, 0) is 11.6 Å². The summed E-state index contributed by atoms with van der Waals surface area (Å²) in [6.07, 6.45) is 4.07. The molecule has 0 saturated carbocycles. The van der Waals surface area contributed by atoms with Crippen molar-refractivity contribution in [2.24, 2.45) is 0 Å². The molecule has 0 heterocycles. The van der Waals surface area contributed by atoms with E-state index in [1.54, 1.807) is 6.20 Å². The van der Waals surface area contributed by atoms with Gasteiger partial charge in [0.2, 0.25) is 6.41 Å². The molecule has 0 saturated heterocycles. The molecule has 0 spiro atoms. The Balaban J connectivity index is 2.57. The Morgan fingerprint density at radius 2 is 1.91 bits per heavy atom. The fourth-order valence-electron chi connectivity index (χ4n) is 0.748. The van der Waals surface area contributed by atoms with Crippen molar-refractivity contribution in [1.82, 2.24) is 5.32 Å². The number of rotatable bonds is 3. The van der Waals surface area contributed by atoms with Crippen LogP contribution in [0.2, 0.25) is 0 Å². The van der Waals surface area contributed by atoms with Crippen molar-refractivity contribution >= 4 is 12.5 Å². The van der Waals surface area contributed by atoms with Gasteiger partial charge in [0.05, 0.1) is 0 Å². The third-order valence-corrected chi connectivity index (χ3v) is 1.24. The summed E-state index contributed by atoms with van der Waals surface area (Å²) in [6, 6.07) is 9.76. The molecule has 2 nitrogen and oxygen atoms in total. The molecule has 1 N–H and O–H groups in total. The highest BCUT2D eigenvalue weighted by atomic mass is 16.1. The van der Waals surface area contributed by atoms with E-state index in [-0.39, 0.29) is 0 Å². The molecular formula is C9H9NO. The Hall–Kier alpha value is -1.57. The van der Waals surface area contributed by atoms with E-state index in [0.29, 0.717) is 6.41 Å². The smallest absolute Gasteiger partial charge is 0.211 e. The third-order valence-electron chi connectivity index (χ3n) is 1.24. The van der Waals surface area contributed by atoms with Crippen LogP contribution >= 0.6 is 0 Å². The lowest BCUT2D eigenvalue weighted by molar-refractivity contribution is -0.108. The zero-order valence-corrected chi connectivity index (χ0v) is 6.03. The first-order valence-electron chi connectivity index (χ1n) is 3.35. The quantitative estimate of drug-likeness (QED) is 0.643. The van der Waals surface area contributed by atoms with Gasteiger partial charge in [-0.15, -0.1) is 0 Å². The molecule has 0 aliphatic rings. The van der Waals surface area contributed by atoms with Crippen LogP contribution in [-0.2, 0) is 4.79 Å². The Morgan fingerprint density at radius 1 is 1.18 bits per heavy atom. The summed E-state index contributed by atoms with van der Waals surface area (Å²) in [7, 11) is 0. The van der Waals surface area contributed by atoms with Gasteiger partial charge in [-0.2, -0.15) is 0 Å². The second-order valence-corrected chi connectivity index (χ2v) is 2.03. The largest absolute Gasteiger partial charge is 0.335 e. The van der Waals surface area contributed by atoms with E-state index in [4.69, 9.17) is 0 Å². The van der Waals surface area contributed by atoms with E-state index in [9.17, 15) is 4.79 Å². The van der Waals surface area contributed by atoms with Gasteiger partial charge in [-0.3, -0.25) is 4.79 Å². The highest BCUT2D eigenvalue weighted by Gasteiger charge is 1.79. The van der Waals surface area contributed by atoms with Crippen molar-refractivity contribution in [3.05, 3.63) is 42.1 Å². The van der Waals surface area contributed by atoms with Crippen LogP contribution in [0.5, 0.6) is 0 Å². The van der Waals surface area contributed by atoms with E-state index in [1.807, 2.05) is 36.4 Å². The fraction of sp³-hybridized carbons (Fsp3) is 0. The molecule has 0 aliphatic heterocycles. The average Bonchev–Trinajstić information content (AvgIpc) is 2.07. The fourth-order valence-corrected chi connectivity index (χ4v) is 0.748. The summed E-state index contributed by atoms with van der Waals surface area (Å²) in [5, 5.41) is 2.44. The van der Waals surface area contributed by atoms with Crippen molar-refractivity contribution in [1.29, 1.82) is 0 Å². The molecule has 0 bridgehead atoms. The van der Waals surface area contributed by atoms with Crippen LogP contribution in [0.15, 0.2) is 36.5 Å². The van der Waals surface area contributed by atoms with Gasteiger partial charge in [0, 0.05) is 6.20 Å². The maximum atomic E-state index is 9.83. The van der Waals surface area contributed by atoms with Crippen molar-refractivity contribution in [3.8, 4) is 0 Å². The predicted octanol–water partition coefficient (Wildman–Crippen LogP) is 1.40. The van der Waals surface area contributed by atoms with Crippen LogP contribution in [0.25, 0.3) is 6.08 Å². The van der Waals surface area contributed by atoms with Crippen molar-refractivity contribution < 1.29 is 4.79 Å². The molecule has 1 rings (SSSR count). The molecule has 11 heavy (non-hydrogen) atoms. The summed E-state index contributed by atoms with van der Waals surface area (Å²) in [5.74, 6) is 0. The number of carbonyl (C=O) groups is 1. The number of hydrogen-bond donors (Lipinski definition) is 1. The molecule has 0 fully saturated rings. The van der Waals surface area contributed by atoms with E-state index in [0.717, 1.165) is 5.56 Å². The first kappa shape index (κ1) is 7.54. The number of benzene rings is 1.